The van der Waals surface area contributed by atoms with Crippen LogP contribution < -0.4 is 26.2 Å². The molecule has 2 aliphatic rings. The molecule has 0 amide bonds. The van der Waals surface area contributed by atoms with Gasteiger partial charge in [-0.2, -0.15) is 0 Å². The molecule has 598 valence electrons. The van der Waals surface area contributed by atoms with E-state index in [1.54, 1.807) is 0 Å². The predicted octanol–water partition coefficient (Wildman–Crippen LogP) is 31.5. The van der Waals surface area contributed by atoms with Gasteiger partial charge in [-0.1, -0.05) is 406 Å². The van der Waals surface area contributed by atoms with Gasteiger partial charge in [0.1, 0.15) is 0 Å². The minimum absolute atomic E-state index is 0.232. The molecule has 126 heavy (non-hydrogen) atoms. The number of para-hydroxylation sites is 2. The second-order valence-corrected chi connectivity index (χ2v) is 35.8. The van der Waals surface area contributed by atoms with Crippen molar-refractivity contribution in [3.63, 3.8) is 0 Å². The largest absolute Gasteiger partial charge is 0.310 e. The van der Waals surface area contributed by atoms with E-state index in [4.69, 9.17) is 0 Å². The van der Waals surface area contributed by atoms with Crippen LogP contribution in [0.3, 0.4) is 0 Å². The maximum atomic E-state index is 2.72. The van der Waals surface area contributed by atoms with E-state index < -0.39 is 0 Å². The molecular weight excluding hydrogens is 1520 g/mol. The molecule has 0 saturated carbocycles. The second-order valence-electron chi connectivity index (χ2n) is 35.8. The smallest absolute Gasteiger partial charge is 0.252 e. The number of hydrogen-bond donors (Lipinski definition) is 0. The molecule has 19 aromatic carbocycles. The zero-order chi connectivity index (χ0) is 84.7. The Balaban J connectivity index is 0.912. The Labute approximate surface area is 739 Å². The van der Waals surface area contributed by atoms with E-state index in [-0.39, 0.29) is 17.5 Å². The minimum atomic E-state index is -0.338. The molecule has 0 N–H and O–H groups in total. The predicted molar refractivity (Wildman–Crippen MR) is 537 cm³/mol. The maximum absolute atomic E-state index is 2.72. The number of hydrogen-bond acceptors (Lipinski definition) is 2. The fraction of sp³-hybridized carbons (Fsp3) is 0.0656. The molecule has 0 bridgehead atoms. The first-order chi connectivity index (χ1) is 61.8. The average Bonchev–Trinajstić information content (AvgIpc) is 0.825. The number of rotatable bonds is 15. The van der Waals surface area contributed by atoms with E-state index in [2.05, 4.69) is 505 Å². The van der Waals surface area contributed by atoms with Gasteiger partial charge in [0.05, 0.1) is 28.1 Å². The Bertz CT molecular complexity index is 6840. The Morgan fingerprint density at radius 2 is 0.421 bits per heavy atom. The van der Waals surface area contributed by atoms with E-state index in [1.807, 2.05) is 0 Å². The van der Waals surface area contributed by atoms with E-state index in [1.165, 1.54) is 82.8 Å². The molecule has 0 atom stereocenters. The van der Waals surface area contributed by atoms with Gasteiger partial charge in [-0.25, -0.2) is 0 Å². The van der Waals surface area contributed by atoms with Crippen LogP contribution in [-0.4, -0.2) is 11.3 Å². The normalized spacial score (nSPS) is 12.3. The summed E-state index contributed by atoms with van der Waals surface area (Å²) >= 11 is 0. The fourth-order valence-electron chi connectivity index (χ4n) is 20.5. The molecule has 0 radical (unpaired) electrons. The van der Waals surface area contributed by atoms with Crippen molar-refractivity contribution in [1.29, 1.82) is 0 Å². The monoisotopic (exact) mass is 1610 g/mol. The third kappa shape index (κ3) is 13.6. The van der Waals surface area contributed by atoms with E-state index in [0.29, 0.717) is 0 Å². The van der Waals surface area contributed by atoms with Gasteiger partial charge in [0, 0.05) is 55.8 Å². The lowest BCUT2D eigenvalue weighted by molar-refractivity contribution is 0.593. The van der Waals surface area contributed by atoms with Crippen LogP contribution in [0, 0.1) is 0 Å². The van der Waals surface area contributed by atoms with Crippen molar-refractivity contribution in [3.8, 4) is 139 Å². The van der Waals surface area contributed by atoms with Crippen molar-refractivity contribution in [2.45, 2.75) is 52.4 Å². The van der Waals surface area contributed by atoms with Crippen molar-refractivity contribution in [1.82, 2.24) is 4.57 Å². The highest BCUT2D eigenvalue weighted by Gasteiger charge is 2.47. The zero-order valence-electron chi connectivity index (χ0n) is 71.6. The molecule has 4 heteroatoms. The fourth-order valence-corrected chi connectivity index (χ4v) is 20.5. The van der Waals surface area contributed by atoms with Crippen molar-refractivity contribution < 1.29 is 0 Å². The summed E-state index contributed by atoms with van der Waals surface area (Å²) < 4.78 is 2.55. The Morgan fingerprint density at radius 1 is 0.190 bits per heavy atom. The van der Waals surface area contributed by atoms with Crippen LogP contribution in [0.25, 0.3) is 161 Å². The van der Waals surface area contributed by atoms with Gasteiger partial charge < -0.3 is 14.4 Å². The quantitative estimate of drug-likeness (QED) is 0.0948. The third-order valence-electron chi connectivity index (χ3n) is 25.9. The topological polar surface area (TPSA) is 11.4 Å². The van der Waals surface area contributed by atoms with E-state index >= 15 is 0 Å². The van der Waals surface area contributed by atoms with Crippen molar-refractivity contribution >= 4 is 79.0 Å². The Kier molecular flexibility index (Phi) is 19.2. The SMILES string of the molecule is CC(C)(C)c1c(-c2ccccc2)cc(-c2cc(-c3ccccc3)c(N3c4ccc(-c5ccccc5)cc4B4c5cc(-c6ccccc6)ccc5N(c5c(-c6ccccc6)cc(-c6cc(-c7ccccc7)c(C(C)(C)C)c(-c7ccccc7)c6)cc5-c5ccccc5)c5cc(-n6c7ccccc7c7ccccc76)cc3c54)c(-c3ccccc3)c2)cc1-c1ccccc1. The van der Waals surface area contributed by atoms with Crippen LogP contribution in [0.5, 0.6) is 0 Å². The van der Waals surface area contributed by atoms with Crippen molar-refractivity contribution in [3.05, 3.63) is 460 Å². The standard InChI is InChI=1S/C122H92BN3/c1-121(2,3)116-100(83-45-21-9-22-46-83)69-93(70-101(116)84-47-23-10-24-48-84)95-73-104(87-53-29-13-30-54-87)119(105(74-95)88-55-31-14-32-56-88)125-112-67-65-91(81-41-17-7-18-42-81)77-108(112)123-109-78-92(82-43-19-8-20-44-82)66-68-113(109)126(115-80-97(79-114(125)118(115)123)124-110-63-39-37-61-98(110)99-62-38-40-64-111(99)124)120-106(89-57-33-15-34-58-89)75-96(76-107(120)90-59-35-16-36-60-90)94-71-102(85-49-25-11-26-50-85)117(122(4,5)6)103(72-94)86-51-27-12-28-52-86/h7-80H,1-6H3. The van der Waals surface area contributed by atoms with Crippen LogP contribution in [0.1, 0.15) is 52.7 Å². The lowest BCUT2D eigenvalue weighted by atomic mass is 9.33. The summed E-state index contributed by atoms with van der Waals surface area (Å²) in [6.45, 7) is 13.9. The van der Waals surface area contributed by atoms with Gasteiger partial charge in [-0.15, -0.1) is 0 Å². The highest BCUT2D eigenvalue weighted by atomic mass is 15.2. The number of aromatic nitrogens is 1. The summed E-state index contributed by atoms with van der Waals surface area (Å²) in [7, 11) is 0. The summed E-state index contributed by atoms with van der Waals surface area (Å²) in [5.74, 6) is 0. The first-order valence-electron chi connectivity index (χ1n) is 44.1. The highest BCUT2D eigenvalue weighted by Crippen LogP contribution is 2.57. The number of benzene rings is 19. The zero-order valence-corrected chi connectivity index (χ0v) is 71.6. The summed E-state index contributed by atoms with van der Waals surface area (Å²) in [6, 6.07) is 169. The van der Waals surface area contributed by atoms with E-state index in [0.717, 1.165) is 140 Å². The van der Waals surface area contributed by atoms with Crippen molar-refractivity contribution in [2.24, 2.45) is 0 Å². The minimum Gasteiger partial charge on any atom is -0.310 e. The van der Waals surface area contributed by atoms with Crippen LogP contribution >= 0.6 is 0 Å². The second kappa shape index (κ2) is 31.5. The molecule has 0 unspecified atom stereocenters. The molecular formula is C122H92BN3. The van der Waals surface area contributed by atoms with Gasteiger partial charge in [0.2, 0.25) is 0 Å². The van der Waals surface area contributed by atoms with Crippen LogP contribution in [-0.2, 0) is 10.8 Å². The highest BCUT2D eigenvalue weighted by molar-refractivity contribution is 7.00. The third-order valence-corrected chi connectivity index (χ3v) is 25.9. The maximum Gasteiger partial charge on any atom is 0.252 e. The Morgan fingerprint density at radius 3 is 0.683 bits per heavy atom. The molecule has 0 aliphatic carbocycles. The van der Waals surface area contributed by atoms with Gasteiger partial charge in [-0.3, -0.25) is 0 Å². The molecule has 1 aromatic heterocycles. The summed E-state index contributed by atoms with van der Waals surface area (Å²) in [4.78, 5) is 5.44. The molecule has 3 nitrogen and oxygen atoms in total. The van der Waals surface area contributed by atoms with E-state index in [9.17, 15) is 0 Å². The van der Waals surface area contributed by atoms with Crippen LogP contribution in [0.2, 0.25) is 0 Å². The number of fused-ring (bicyclic) bond motifs is 7. The molecule has 20 aromatic rings. The first-order valence-corrected chi connectivity index (χ1v) is 44.1. The molecule has 0 saturated heterocycles. The number of anilines is 6. The summed E-state index contributed by atoms with van der Waals surface area (Å²) in [5.41, 5.74) is 42.9. The molecule has 3 heterocycles. The Hall–Kier alpha value is -15.4. The van der Waals surface area contributed by atoms with Gasteiger partial charge in [0.15, 0.2) is 0 Å². The average molecular weight is 1610 g/mol. The molecule has 2 aliphatic heterocycles. The first kappa shape index (κ1) is 76.8. The van der Waals surface area contributed by atoms with Crippen molar-refractivity contribution in [2.75, 3.05) is 9.80 Å². The van der Waals surface area contributed by atoms with Gasteiger partial charge in [-0.05, 0) is 235 Å². The molecule has 22 rings (SSSR count). The van der Waals surface area contributed by atoms with Gasteiger partial charge in [0.25, 0.3) is 6.71 Å². The molecule has 0 spiro atoms. The number of nitrogens with zero attached hydrogens (tertiary/aromatic N) is 3. The summed E-state index contributed by atoms with van der Waals surface area (Å²) in [6.07, 6.45) is 0. The van der Waals surface area contributed by atoms with Crippen LogP contribution in [0.15, 0.2) is 449 Å². The molecule has 0 fully saturated rings. The lowest BCUT2D eigenvalue weighted by Gasteiger charge is -2.46. The van der Waals surface area contributed by atoms with Gasteiger partial charge >= 0.3 is 0 Å². The van der Waals surface area contributed by atoms with Crippen LogP contribution in [0.4, 0.5) is 34.1 Å². The summed E-state index contributed by atoms with van der Waals surface area (Å²) in [5, 5.41) is 2.38. The lowest BCUT2D eigenvalue weighted by Crippen LogP contribution is -2.61.